The summed E-state index contributed by atoms with van der Waals surface area (Å²) in [6.45, 7) is 6.98. The van der Waals surface area contributed by atoms with Gasteiger partial charge in [0, 0.05) is 12.0 Å². The molecule has 0 aliphatic carbocycles. The molecule has 1 unspecified atom stereocenters. The molecule has 0 amide bonds. The van der Waals surface area contributed by atoms with Crippen molar-refractivity contribution in [3.63, 3.8) is 0 Å². The zero-order valence-corrected chi connectivity index (χ0v) is 18.5. The summed E-state index contributed by atoms with van der Waals surface area (Å²) in [5.41, 5.74) is 0.266. The molecule has 4 heteroatoms. The molecule has 0 heterocycles. The van der Waals surface area contributed by atoms with Crippen molar-refractivity contribution in [1.82, 2.24) is 0 Å². The van der Waals surface area contributed by atoms with Crippen LogP contribution in [0.3, 0.4) is 0 Å². The van der Waals surface area contributed by atoms with E-state index < -0.39 is 12.1 Å². The quantitative estimate of drug-likeness (QED) is 0.149. The van der Waals surface area contributed by atoms with Gasteiger partial charge in [0.15, 0.2) is 5.78 Å². The van der Waals surface area contributed by atoms with Crippen molar-refractivity contribution in [3.8, 4) is 0 Å². The highest BCUT2D eigenvalue weighted by atomic mass is 16.5. The minimum atomic E-state index is -1.21. The van der Waals surface area contributed by atoms with E-state index in [9.17, 15) is 14.7 Å². The van der Waals surface area contributed by atoms with Gasteiger partial charge in [0.25, 0.3) is 0 Å². The Kier molecular flexibility index (Phi) is 18.4. The first-order chi connectivity index (χ1) is 13.5. The van der Waals surface area contributed by atoms with Gasteiger partial charge in [-0.25, -0.2) is 4.79 Å². The summed E-state index contributed by atoms with van der Waals surface area (Å²) in [7, 11) is 0. The van der Waals surface area contributed by atoms with Crippen LogP contribution in [0.15, 0.2) is 12.2 Å². The van der Waals surface area contributed by atoms with E-state index in [-0.39, 0.29) is 18.0 Å². The van der Waals surface area contributed by atoms with E-state index in [0.717, 1.165) is 19.3 Å². The molecule has 0 saturated heterocycles. The Labute approximate surface area is 173 Å². The van der Waals surface area contributed by atoms with Crippen LogP contribution in [0.5, 0.6) is 0 Å². The van der Waals surface area contributed by atoms with Crippen molar-refractivity contribution in [2.75, 3.05) is 6.61 Å². The number of aliphatic hydroxyl groups is 1. The number of ketones is 1. The Bertz CT molecular complexity index is 417. The fraction of sp³-hybridized carbons (Fsp3) is 0.833. The number of unbranched alkanes of at least 4 members (excludes halogenated alkanes) is 14. The number of aliphatic hydroxyl groups excluding tert-OH is 1. The van der Waals surface area contributed by atoms with Crippen LogP contribution >= 0.6 is 0 Å². The van der Waals surface area contributed by atoms with Crippen molar-refractivity contribution in [2.24, 2.45) is 0 Å². The van der Waals surface area contributed by atoms with Crippen molar-refractivity contribution >= 4 is 11.8 Å². The van der Waals surface area contributed by atoms with Crippen molar-refractivity contribution < 1.29 is 19.4 Å². The number of esters is 1. The molecule has 0 rings (SSSR count). The molecule has 0 aromatic rings. The molecule has 28 heavy (non-hydrogen) atoms. The summed E-state index contributed by atoms with van der Waals surface area (Å²) < 4.78 is 4.81. The molecule has 0 saturated carbocycles. The van der Waals surface area contributed by atoms with Crippen LogP contribution in [0, 0.1) is 0 Å². The molecule has 4 nitrogen and oxygen atoms in total. The lowest BCUT2D eigenvalue weighted by atomic mass is 10.0. The minimum Gasteiger partial charge on any atom is -0.459 e. The van der Waals surface area contributed by atoms with Crippen LogP contribution in [-0.2, 0) is 14.3 Å². The van der Waals surface area contributed by atoms with E-state index in [1.165, 1.54) is 84.0 Å². The SMILES string of the molecule is C=C(C)C(=O)OCC(O)C(=O)CCCCCCCCCCCCCCCCC. The number of Topliss-reactive ketones (excluding diaryl/α,β-unsaturated/α-hetero) is 1. The van der Waals surface area contributed by atoms with Crippen LogP contribution in [0.25, 0.3) is 0 Å². The van der Waals surface area contributed by atoms with Gasteiger partial charge in [0.1, 0.15) is 12.7 Å². The Balaban J connectivity index is 3.35. The third kappa shape index (κ3) is 17.0. The highest BCUT2D eigenvalue weighted by Gasteiger charge is 2.16. The van der Waals surface area contributed by atoms with Crippen molar-refractivity contribution in [2.45, 2.75) is 123 Å². The van der Waals surface area contributed by atoms with Gasteiger partial charge >= 0.3 is 5.97 Å². The average molecular weight is 397 g/mol. The van der Waals surface area contributed by atoms with Crippen molar-refractivity contribution in [3.05, 3.63) is 12.2 Å². The molecule has 1 atom stereocenters. The van der Waals surface area contributed by atoms with Gasteiger partial charge in [-0.2, -0.15) is 0 Å². The molecule has 0 bridgehead atoms. The normalized spacial score (nSPS) is 12.0. The number of rotatable bonds is 20. The zero-order valence-electron chi connectivity index (χ0n) is 18.5. The maximum absolute atomic E-state index is 11.8. The fourth-order valence-corrected chi connectivity index (χ4v) is 3.21. The molecule has 0 fully saturated rings. The summed E-state index contributed by atoms with van der Waals surface area (Å²) in [5, 5.41) is 9.71. The monoisotopic (exact) mass is 396 g/mol. The summed E-state index contributed by atoms with van der Waals surface area (Å²) in [6, 6.07) is 0. The minimum absolute atomic E-state index is 0.246. The Morgan fingerprint density at radius 2 is 1.18 bits per heavy atom. The molecule has 1 N–H and O–H groups in total. The van der Waals surface area contributed by atoms with E-state index in [2.05, 4.69) is 13.5 Å². The fourth-order valence-electron chi connectivity index (χ4n) is 3.21. The van der Waals surface area contributed by atoms with Gasteiger partial charge in [-0.1, -0.05) is 103 Å². The van der Waals surface area contributed by atoms with Crippen LogP contribution in [0.4, 0.5) is 0 Å². The second kappa shape index (κ2) is 19.2. The molecule has 0 aromatic carbocycles. The Hall–Kier alpha value is -1.16. The van der Waals surface area contributed by atoms with Gasteiger partial charge in [-0.05, 0) is 13.3 Å². The Morgan fingerprint density at radius 1 is 0.786 bits per heavy atom. The van der Waals surface area contributed by atoms with E-state index in [1.807, 2.05) is 0 Å². The van der Waals surface area contributed by atoms with E-state index in [1.54, 1.807) is 0 Å². The van der Waals surface area contributed by atoms with Gasteiger partial charge in [0.05, 0.1) is 0 Å². The summed E-state index contributed by atoms with van der Waals surface area (Å²) in [6.07, 6.45) is 18.4. The van der Waals surface area contributed by atoms with Crippen LogP contribution in [-0.4, -0.2) is 29.6 Å². The highest BCUT2D eigenvalue weighted by Crippen LogP contribution is 2.14. The molecular weight excluding hydrogens is 352 g/mol. The van der Waals surface area contributed by atoms with Crippen LogP contribution < -0.4 is 0 Å². The molecule has 164 valence electrons. The maximum Gasteiger partial charge on any atom is 0.333 e. The summed E-state index contributed by atoms with van der Waals surface area (Å²) in [5.74, 6) is -0.817. The van der Waals surface area contributed by atoms with E-state index in [4.69, 9.17) is 4.74 Å². The van der Waals surface area contributed by atoms with Gasteiger partial charge in [0.2, 0.25) is 0 Å². The van der Waals surface area contributed by atoms with Gasteiger partial charge in [-0.15, -0.1) is 0 Å². The predicted molar refractivity (Wildman–Crippen MR) is 116 cm³/mol. The molecule has 0 aromatic heterocycles. The number of hydrogen-bond acceptors (Lipinski definition) is 4. The third-order valence-corrected chi connectivity index (χ3v) is 5.12. The first-order valence-corrected chi connectivity index (χ1v) is 11.5. The predicted octanol–water partition coefficient (Wildman–Crippen LogP) is 6.30. The highest BCUT2D eigenvalue weighted by molar-refractivity contribution is 5.87. The second-order valence-corrected chi connectivity index (χ2v) is 8.06. The second-order valence-electron chi connectivity index (χ2n) is 8.06. The largest absolute Gasteiger partial charge is 0.459 e. The lowest BCUT2D eigenvalue weighted by molar-refractivity contribution is -0.144. The van der Waals surface area contributed by atoms with Crippen LogP contribution in [0.1, 0.15) is 117 Å². The summed E-state index contributed by atoms with van der Waals surface area (Å²) >= 11 is 0. The molecular formula is C24H44O4. The topological polar surface area (TPSA) is 63.6 Å². The molecule has 0 spiro atoms. The van der Waals surface area contributed by atoms with Crippen molar-refractivity contribution in [1.29, 1.82) is 0 Å². The number of carbonyl (C=O) groups is 2. The first-order valence-electron chi connectivity index (χ1n) is 11.5. The number of carbonyl (C=O) groups excluding carboxylic acids is 2. The Morgan fingerprint density at radius 3 is 1.57 bits per heavy atom. The standard InChI is InChI=1S/C24H44O4/c1-4-5-6-7-8-9-10-11-12-13-14-15-16-17-18-19-22(25)23(26)20-28-24(27)21(2)3/h23,26H,2,4-20H2,1,3H3. The first kappa shape index (κ1) is 26.8. The van der Waals surface area contributed by atoms with E-state index in [0.29, 0.717) is 6.42 Å². The number of ether oxygens (including phenoxy) is 1. The van der Waals surface area contributed by atoms with Gasteiger partial charge in [-0.3, -0.25) is 4.79 Å². The average Bonchev–Trinajstić information content (AvgIpc) is 2.68. The lowest BCUT2D eigenvalue weighted by Gasteiger charge is -2.10. The number of hydrogen-bond donors (Lipinski definition) is 1. The lowest BCUT2D eigenvalue weighted by Crippen LogP contribution is -2.27. The van der Waals surface area contributed by atoms with Gasteiger partial charge < -0.3 is 9.84 Å². The molecule has 0 radical (unpaired) electrons. The smallest absolute Gasteiger partial charge is 0.333 e. The third-order valence-electron chi connectivity index (χ3n) is 5.12. The molecule has 0 aliphatic heterocycles. The zero-order chi connectivity index (χ0) is 21.0. The summed E-state index contributed by atoms with van der Waals surface area (Å²) in [4.78, 5) is 23.0. The molecule has 0 aliphatic rings. The van der Waals surface area contributed by atoms with Crippen LogP contribution in [0.2, 0.25) is 0 Å². The maximum atomic E-state index is 11.8. The van der Waals surface area contributed by atoms with E-state index >= 15 is 0 Å².